The standard InChI is InChI=1S/C22H22ClN3O4/c1-13-16(23)10-11-17-19(13)20(15-7-4-3-5-8-15)26-22(21(29)25-17)30-18(28)9-6-12-24-14(2)27/h3-5,7-8,10-11,22H,6,9,12H2,1-2H3,(H,24,27)(H,25,29). The third kappa shape index (κ3) is 5.04. The molecule has 156 valence electrons. The molecular weight excluding hydrogens is 406 g/mol. The van der Waals surface area contributed by atoms with Gasteiger partial charge in [-0.2, -0.15) is 0 Å². The van der Waals surface area contributed by atoms with Gasteiger partial charge in [-0.1, -0.05) is 41.9 Å². The van der Waals surface area contributed by atoms with Gasteiger partial charge in [0.15, 0.2) is 0 Å². The highest BCUT2D eigenvalue weighted by Crippen LogP contribution is 2.31. The van der Waals surface area contributed by atoms with Crippen LogP contribution in [-0.4, -0.2) is 36.3 Å². The number of amides is 2. The second-order valence-corrected chi connectivity index (χ2v) is 7.26. The van der Waals surface area contributed by atoms with Crippen LogP contribution in [0.25, 0.3) is 0 Å². The number of rotatable bonds is 6. The summed E-state index contributed by atoms with van der Waals surface area (Å²) >= 11 is 6.32. The molecule has 1 heterocycles. The van der Waals surface area contributed by atoms with E-state index in [1.165, 1.54) is 6.92 Å². The van der Waals surface area contributed by atoms with Crippen LogP contribution in [-0.2, 0) is 19.1 Å². The summed E-state index contributed by atoms with van der Waals surface area (Å²) in [4.78, 5) is 40.4. The van der Waals surface area contributed by atoms with Gasteiger partial charge in [0.25, 0.3) is 12.1 Å². The zero-order valence-electron chi connectivity index (χ0n) is 16.7. The summed E-state index contributed by atoms with van der Waals surface area (Å²) in [6.45, 7) is 3.60. The fourth-order valence-corrected chi connectivity index (χ4v) is 3.26. The number of benzodiazepines with no additional fused rings is 1. The molecule has 2 aromatic rings. The number of nitrogens with zero attached hydrogens (tertiary/aromatic N) is 1. The summed E-state index contributed by atoms with van der Waals surface area (Å²) < 4.78 is 5.36. The highest BCUT2D eigenvalue weighted by Gasteiger charge is 2.30. The number of ether oxygens (including phenoxy) is 1. The van der Waals surface area contributed by atoms with Gasteiger partial charge in [-0.3, -0.25) is 14.4 Å². The van der Waals surface area contributed by atoms with Gasteiger partial charge in [0.2, 0.25) is 5.91 Å². The van der Waals surface area contributed by atoms with Crippen LogP contribution in [0, 0.1) is 6.92 Å². The first-order chi connectivity index (χ1) is 14.4. The summed E-state index contributed by atoms with van der Waals surface area (Å²) in [6, 6.07) is 12.7. The highest BCUT2D eigenvalue weighted by molar-refractivity contribution is 6.33. The van der Waals surface area contributed by atoms with Crippen LogP contribution in [0.1, 0.15) is 36.5 Å². The van der Waals surface area contributed by atoms with Crippen LogP contribution in [0.2, 0.25) is 5.02 Å². The van der Waals surface area contributed by atoms with Crippen molar-refractivity contribution in [3.05, 3.63) is 64.2 Å². The van der Waals surface area contributed by atoms with Crippen LogP contribution >= 0.6 is 11.6 Å². The molecule has 0 radical (unpaired) electrons. The third-order valence-electron chi connectivity index (χ3n) is 4.59. The Morgan fingerprint density at radius 3 is 2.63 bits per heavy atom. The fraction of sp³-hybridized carbons (Fsp3) is 0.273. The number of fused-ring (bicyclic) bond motifs is 1. The van der Waals surface area contributed by atoms with Crippen molar-refractivity contribution >= 4 is 40.8 Å². The molecule has 3 rings (SSSR count). The second-order valence-electron chi connectivity index (χ2n) is 6.86. The lowest BCUT2D eigenvalue weighted by Crippen LogP contribution is -2.31. The maximum absolute atomic E-state index is 12.7. The molecule has 0 saturated carbocycles. The number of carbonyl (C=O) groups is 3. The van der Waals surface area contributed by atoms with Gasteiger partial charge in [0.1, 0.15) is 0 Å². The summed E-state index contributed by atoms with van der Waals surface area (Å²) in [7, 11) is 0. The van der Waals surface area contributed by atoms with E-state index >= 15 is 0 Å². The second kappa shape index (κ2) is 9.54. The molecule has 1 unspecified atom stereocenters. The van der Waals surface area contributed by atoms with E-state index in [0.29, 0.717) is 35.0 Å². The molecular formula is C22H22ClN3O4. The number of nitrogens with one attached hydrogen (secondary N) is 2. The Bertz CT molecular complexity index is 1000. The molecule has 1 aliphatic heterocycles. The Morgan fingerprint density at radius 2 is 1.93 bits per heavy atom. The minimum absolute atomic E-state index is 0.0536. The van der Waals surface area contributed by atoms with Gasteiger partial charge in [-0.15, -0.1) is 0 Å². The van der Waals surface area contributed by atoms with Crippen LogP contribution in [0.4, 0.5) is 5.69 Å². The van der Waals surface area contributed by atoms with Gasteiger partial charge in [-0.25, -0.2) is 4.99 Å². The topological polar surface area (TPSA) is 96.9 Å². The molecule has 8 heteroatoms. The van der Waals surface area contributed by atoms with Crippen molar-refractivity contribution in [2.45, 2.75) is 32.9 Å². The quantitative estimate of drug-likeness (QED) is 0.546. The summed E-state index contributed by atoms with van der Waals surface area (Å²) in [5, 5.41) is 5.93. The maximum atomic E-state index is 12.7. The third-order valence-corrected chi connectivity index (χ3v) is 5.00. The first kappa shape index (κ1) is 21.5. The number of aliphatic imine (C=N–C) groups is 1. The van der Waals surface area contributed by atoms with Crippen molar-refractivity contribution < 1.29 is 19.1 Å². The molecule has 0 bridgehead atoms. The van der Waals surface area contributed by atoms with Crippen LogP contribution < -0.4 is 10.6 Å². The van der Waals surface area contributed by atoms with Crippen LogP contribution in [0.3, 0.4) is 0 Å². The molecule has 1 aliphatic rings. The minimum Gasteiger partial charge on any atom is -0.430 e. The largest absolute Gasteiger partial charge is 0.430 e. The van der Waals surface area contributed by atoms with E-state index in [1.54, 1.807) is 12.1 Å². The Kier molecular flexibility index (Phi) is 6.84. The van der Waals surface area contributed by atoms with Crippen molar-refractivity contribution in [2.75, 3.05) is 11.9 Å². The molecule has 1 atom stereocenters. The lowest BCUT2D eigenvalue weighted by molar-refractivity contribution is -0.153. The van der Waals surface area contributed by atoms with Crippen molar-refractivity contribution in [3.63, 3.8) is 0 Å². The number of hydrogen-bond donors (Lipinski definition) is 2. The minimum atomic E-state index is -1.33. The lowest BCUT2D eigenvalue weighted by atomic mass is 9.96. The van der Waals surface area contributed by atoms with Gasteiger partial charge >= 0.3 is 5.97 Å². The van der Waals surface area contributed by atoms with Crippen LogP contribution in [0.5, 0.6) is 0 Å². The molecule has 2 amide bonds. The van der Waals surface area contributed by atoms with E-state index in [4.69, 9.17) is 16.3 Å². The molecule has 30 heavy (non-hydrogen) atoms. The number of carbonyl (C=O) groups excluding carboxylic acids is 3. The predicted molar refractivity (Wildman–Crippen MR) is 115 cm³/mol. The number of hydrogen-bond acceptors (Lipinski definition) is 5. The molecule has 0 saturated heterocycles. The monoisotopic (exact) mass is 427 g/mol. The van der Waals surface area contributed by atoms with Crippen molar-refractivity contribution in [1.29, 1.82) is 0 Å². The molecule has 0 fully saturated rings. The van der Waals surface area contributed by atoms with Gasteiger partial charge < -0.3 is 15.4 Å². The Balaban J connectivity index is 1.90. The number of anilines is 1. The zero-order chi connectivity index (χ0) is 21.7. The Labute approximate surface area is 179 Å². The molecule has 0 spiro atoms. The van der Waals surface area contributed by atoms with E-state index in [-0.39, 0.29) is 12.3 Å². The number of esters is 1. The van der Waals surface area contributed by atoms with E-state index in [9.17, 15) is 14.4 Å². The summed E-state index contributed by atoms with van der Waals surface area (Å²) in [5.74, 6) is -1.29. The predicted octanol–water partition coefficient (Wildman–Crippen LogP) is 3.22. The van der Waals surface area contributed by atoms with Gasteiger partial charge in [-0.05, 0) is 31.0 Å². The summed E-state index contributed by atoms with van der Waals surface area (Å²) in [6.07, 6.45) is -0.881. The molecule has 0 aliphatic carbocycles. The first-order valence-electron chi connectivity index (χ1n) is 9.54. The first-order valence-corrected chi connectivity index (χ1v) is 9.92. The Hall–Kier alpha value is -3.19. The average molecular weight is 428 g/mol. The summed E-state index contributed by atoms with van der Waals surface area (Å²) in [5.41, 5.74) is 3.28. The Morgan fingerprint density at radius 1 is 1.20 bits per heavy atom. The number of halogens is 1. The van der Waals surface area contributed by atoms with Crippen molar-refractivity contribution in [1.82, 2.24) is 5.32 Å². The number of benzene rings is 2. The van der Waals surface area contributed by atoms with E-state index in [1.807, 2.05) is 37.3 Å². The van der Waals surface area contributed by atoms with E-state index in [2.05, 4.69) is 15.6 Å². The van der Waals surface area contributed by atoms with E-state index < -0.39 is 18.1 Å². The lowest BCUT2D eigenvalue weighted by Gasteiger charge is -2.14. The van der Waals surface area contributed by atoms with Crippen molar-refractivity contribution in [2.24, 2.45) is 4.99 Å². The maximum Gasteiger partial charge on any atom is 0.308 e. The van der Waals surface area contributed by atoms with Crippen LogP contribution in [0.15, 0.2) is 47.5 Å². The van der Waals surface area contributed by atoms with Crippen molar-refractivity contribution in [3.8, 4) is 0 Å². The zero-order valence-corrected chi connectivity index (χ0v) is 17.5. The smallest absolute Gasteiger partial charge is 0.308 e. The van der Waals surface area contributed by atoms with E-state index in [0.717, 1.165) is 11.1 Å². The highest BCUT2D eigenvalue weighted by atomic mass is 35.5. The van der Waals surface area contributed by atoms with Gasteiger partial charge in [0.05, 0.1) is 11.4 Å². The molecule has 7 nitrogen and oxygen atoms in total. The molecule has 0 aromatic heterocycles. The normalized spacial score (nSPS) is 15.4. The molecule has 2 aromatic carbocycles. The fourth-order valence-electron chi connectivity index (χ4n) is 3.11. The average Bonchev–Trinajstić information content (AvgIpc) is 2.86. The SMILES string of the molecule is CC(=O)NCCCC(=O)OC1N=C(c2ccccc2)c2c(ccc(Cl)c2C)NC1=O. The van der Waals surface area contributed by atoms with Gasteiger partial charge in [0, 0.05) is 36.0 Å². The molecule has 2 N–H and O–H groups in total.